The average molecular weight is 412 g/mol. The normalized spacial score (nSPS) is 22.8. The van der Waals surface area contributed by atoms with Crippen molar-refractivity contribution in [3.8, 4) is 0 Å². The SMILES string of the molecule is CCOC(=O)CC1CC(C(C)C)C(CNS(=O)(=O)c2cccc(F)c2)C=C1C. The number of carbonyl (C=O) groups is 1. The summed E-state index contributed by atoms with van der Waals surface area (Å²) in [6, 6.07) is 4.98. The topological polar surface area (TPSA) is 72.5 Å². The molecular weight excluding hydrogens is 381 g/mol. The maximum absolute atomic E-state index is 13.4. The molecule has 0 amide bonds. The second-order valence-electron chi connectivity index (χ2n) is 7.73. The minimum atomic E-state index is -3.78. The smallest absolute Gasteiger partial charge is 0.306 e. The minimum absolute atomic E-state index is 0.0155. The Morgan fingerprint density at radius 3 is 2.68 bits per heavy atom. The van der Waals surface area contributed by atoms with Crippen molar-refractivity contribution in [3.63, 3.8) is 0 Å². The van der Waals surface area contributed by atoms with Crippen LogP contribution in [-0.4, -0.2) is 27.5 Å². The highest BCUT2D eigenvalue weighted by Gasteiger charge is 2.33. The summed E-state index contributed by atoms with van der Waals surface area (Å²) in [5.74, 6) is -0.0912. The maximum Gasteiger partial charge on any atom is 0.306 e. The van der Waals surface area contributed by atoms with Gasteiger partial charge in [-0.2, -0.15) is 0 Å². The second-order valence-corrected chi connectivity index (χ2v) is 9.50. The minimum Gasteiger partial charge on any atom is -0.466 e. The first-order valence-electron chi connectivity index (χ1n) is 9.73. The number of carbonyl (C=O) groups excluding carboxylic acids is 1. The molecule has 0 fully saturated rings. The highest BCUT2D eigenvalue weighted by molar-refractivity contribution is 7.89. The largest absolute Gasteiger partial charge is 0.466 e. The highest BCUT2D eigenvalue weighted by atomic mass is 32.2. The molecule has 2 rings (SSSR count). The van der Waals surface area contributed by atoms with Crippen LogP contribution in [0.1, 0.15) is 40.5 Å². The van der Waals surface area contributed by atoms with Gasteiger partial charge >= 0.3 is 5.97 Å². The van der Waals surface area contributed by atoms with E-state index in [1.165, 1.54) is 18.2 Å². The van der Waals surface area contributed by atoms with Gasteiger partial charge in [0.05, 0.1) is 17.9 Å². The van der Waals surface area contributed by atoms with Gasteiger partial charge in [0.1, 0.15) is 5.82 Å². The van der Waals surface area contributed by atoms with Crippen molar-refractivity contribution in [2.24, 2.45) is 23.7 Å². The number of rotatable bonds is 8. The third-order valence-corrected chi connectivity index (χ3v) is 6.84. The van der Waals surface area contributed by atoms with E-state index in [1.807, 2.05) is 6.92 Å². The van der Waals surface area contributed by atoms with Gasteiger partial charge in [-0.05, 0) is 62.1 Å². The van der Waals surface area contributed by atoms with E-state index in [9.17, 15) is 17.6 Å². The van der Waals surface area contributed by atoms with E-state index in [2.05, 4.69) is 24.6 Å². The summed E-state index contributed by atoms with van der Waals surface area (Å²) in [7, 11) is -3.78. The van der Waals surface area contributed by atoms with Gasteiger partial charge < -0.3 is 4.74 Å². The Labute approximate surface area is 167 Å². The molecule has 0 spiro atoms. The summed E-state index contributed by atoms with van der Waals surface area (Å²) in [5, 5.41) is 0. The van der Waals surface area contributed by atoms with E-state index in [-0.39, 0.29) is 35.2 Å². The maximum atomic E-state index is 13.4. The van der Waals surface area contributed by atoms with Gasteiger partial charge in [-0.3, -0.25) is 4.79 Å². The molecule has 0 radical (unpaired) electrons. The monoisotopic (exact) mass is 411 g/mol. The first kappa shape index (κ1) is 22.6. The molecule has 28 heavy (non-hydrogen) atoms. The molecule has 5 nitrogen and oxygen atoms in total. The fraction of sp³-hybridized carbons (Fsp3) is 0.571. The molecule has 7 heteroatoms. The van der Waals surface area contributed by atoms with Gasteiger partial charge in [-0.15, -0.1) is 0 Å². The third-order valence-electron chi connectivity index (χ3n) is 5.42. The van der Waals surface area contributed by atoms with Crippen LogP contribution in [0.4, 0.5) is 4.39 Å². The van der Waals surface area contributed by atoms with Crippen molar-refractivity contribution in [3.05, 3.63) is 41.7 Å². The molecule has 0 aliphatic heterocycles. The summed E-state index contributed by atoms with van der Waals surface area (Å²) >= 11 is 0. The number of hydrogen-bond acceptors (Lipinski definition) is 4. The van der Waals surface area contributed by atoms with Crippen molar-refractivity contribution < 1.29 is 22.3 Å². The Bertz CT molecular complexity index is 819. The van der Waals surface area contributed by atoms with Gasteiger partial charge in [-0.25, -0.2) is 17.5 Å². The predicted octanol–water partition coefficient (Wildman–Crippen LogP) is 3.91. The molecular formula is C21H30FNO4S. The van der Waals surface area contributed by atoms with Crippen LogP contribution in [0.15, 0.2) is 40.8 Å². The quantitative estimate of drug-likeness (QED) is 0.520. The molecule has 156 valence electrons. The second kappa shape index (κ2) is 9.65. The van der Waals surface area contributed by atoms with Crippen molar-refractivity contribution in [2.45, 2.75) is 45.4 Å². The lowest BCUT2D eigenvalue weighted by atomic mass is 9.70. The van der Waals surface area contributed by atoms with Crippen LogP contribution < -0.4 is 4.72 Å². The van der Waals surface area contributed by atoms with Gasteiger partial charge in [0.25, 0.3) is 0 Å². The zero-order valence-electron chi connectivity index (χ0n) is 16.9. The summed E-state index contributed by atoms with van der Waals surface area (Å²) in [4.78, 5) is 11.8. The molecule has 1 aromatic carbocycles. The number of nitrogens with one attached hydrogen (secondary N) is 1. The standard InChI is InChI=1S/C21H30FNO4S/c1-5-27-21(24)11-16-10-20(14(2)3)17(9-15(16)4)13-23-28(25,26)19-8-6-7-18(22)12-19/h6-9,12,14,16-17,20,23H,5,10-11,13H2,1-4H3. The van der Waals surface area contributed by atoms with Gasteiger partial charge in [0.2, 0.25) is 10.0 Å². The molecule has 0 bridgehead atoms. The zero-order valence-corrected chi connectivity index (χ0v) is 17.8. The molecule has 0 heterocycles. The molecule has 1 aromatic rings. The number of hydrogen-bond donors (Lipinski definition) is 1. The van der Waals surface area contributed by atoms with E-state index in [4.69, 9.17) is 4.74 Å². The lowest BCUT2D eigenvalue weighted by Gasteiger charge is -2.37. The number of benzene rings is 1. The third kappa shape index (κ3) is 5.88. The molecule has 1 aliphatic rings. The summed E-state index contributed by atoms with van der Waals surface area (Å²) in [6.07, 6.45) is 3.23. The van der Waals surface area contributed by atoms with Crippen LogP contribution >= 0.6 is 0 Å². The molecule has 3 unspecified atom stereocenters. The summed E-state index contributed by atoms with van der Waals surface area (Å²) in [6.45, 7) is 8.59. The Morgan fingerprint density at radius 2 is 2.07 bits per heavy atom. The first-order chi connectivity index (χ1) is 13.1. The van der Waals surface area contributed by atoms with Crippen LogP contribution in [0.5, 0.6) is 0 Å². The van der Waals surface area contributed by atoms with Crippen LogP contribution in [0.3, 0.4) is 0 Å². The Hall–Kier alpha value is -1.73. The molecule has 0 aromatic heterocycles. The van der Waals surface area contributed by atoms with Crippen molar-refractivity contribution in [2.75, 3.05) is 13.2 Å². The molecule has 3 atom stereocenters. The van der Waals surface area contributed by atoms with E-state index in [1.54, 1.807) is 6.92 Å². The molecule has 0 saturated carbocycles. The number of ether oxygens (including phenoxy) is 1. The Balaban J connectivity index is 2.13. The Kier molecular flexibility index (Phi) is 7.78. The molecule has 1 aliphatic carbocycles. The van der Waals surface area contributed by atoms with Crippen LogP contribution in [-0.2, 0) is 19.6 Å². The Morgan fingerprint density at radius 1 is 1.36 bits per heavy atom. The fourth-order valence-electron chi connectivity index (χ4n) is 3.85. The van der Waals surface area contributed by atoms with Gasteiger partial charge in [-0.1, -0.05) is 31.6 Å². The van der Waals surface area contributed by atoms with Crippen molar-refractivity contribution in [1.29, 1.82) is 0 Å². The van der Waals surface area contributed by atoms with Crippen molar-refractivity contribution in [1.82, 2.24) is 4.72 Å². The van der Waals surface area contributed by atoms with E-state index in [0.717, 1.165) is 18.1 Å². The van der Waals surface area contributed by atoms with Crippen molar-refractivity contribution >= 4 is 16.0 Å². The summed E-state index contributed by atoms with van der Waals surface area (Å²) < 4.78 is 46.1. The van der Waals surface area contributed by atoms with Gasteiger partial charge in [0.15, 0.2) is 0 Å². The number of halogens is 1. The number of sulfonamides is 1. The zero-order chi connectivity index (χ0) is 20.9. The number of esters is 1. The van der Waals surface area contributed by atoms with E-state index in [0.29, 0.717) is 18.9 Å². The lowest BCUT2D eigenvalue weighted by Crippen LogP contribution is -2.37. The fourth-order valence-corrected chi connectivity index (χ4v) is 4.96. The van der Waals surface area contributed by atoms with E-state index < -0.39 is 15.8 Å². The number of allylic oxidation sites excluding steroid dienone is 1. The van der Waals surface area contributed by atoms with E-state index >= 15 is 0 Å². The summed E-state index contributed by atoms with van der Waals surface area (Å²) in [5.41, 5.74) is 1.08. The van der Waals surface area contributed by atoms with Crippen LogP contribution in [0.25, 0.3) is 0 Å². The predicted molar refractivity (Wildman–Crippen MR) is 107 cm³/mol. The average Bonchev–Trinajstić information content (AvgIpc) is 2.62. The molecule has 1 N–H and O–H groups in total. The lowest BCUT2D eigenvalue weighted by molar-refractivity contribution is -0.144. The first-order valence-corrected chi connectivity index (χ1v) is 11.2. The highest BCUT2D eigenvalue weighted by Crippen LogP contribution is 2.39. The van der Waals surface area contributed by atoms with Gasteiger partial charge in [0, 0.05) is 6.54 Å². The molecule has 0 saturated heterocycles. The van der Waals surface area contributed by atoms with Crippen LogP contribution in [0, 0.1) is 29.5 Å². The van der Waals surface area contributed by atoms with Crippen LogP contribution in [0.2, 0.25) is 0 Å².